The van der Waals surface area contributed by atoms with Crippen LogP contribution in [0.5, 0.6) is 0 Å². The third-order valence-corrected chi connectivity index (χ3v) is 4.33. The van der Waals surface area contributed by atoms with E-state index in [2.05, 4.69) is 27.0 Å². The minimum absolute atomic E-state index is 0.163. The molecule has 2 heterocycles. The number of carbonyl (C=O) groups excluding carboxylic acids is 1. The molecule has 0 saturated carbocycles. The molecule has 1 aromatic heterocycles. The Morgan fingerprint density at radius 1 is 1.35 bits per heavy atom. The first kappa shape index (κ1) is 15.7. The summed E-state index contributed by atoms with van der Waals surface area (Å²) < 4.78 is 1.91. The lowest BCUT2D eigenvalue weighted by atomic mass is 10.1. The van der Waals surface area contributed by atoms with Gasteiger partial charge in [-0.15, -0.1) is 5.10 Å². The molecule has 6 nitrogen and oxygen atoms in total. The molecule has 0 bridgehead atoms. The van der Waals surface area contributed by atoms with Crippen molar-refractivity contribution < 1.29 is 4.79 Å². The number of hydrogen-bond acceptors (Lipinski definition) is 4. The fourth-order valence-electron chi connectivity index (χ4n) is 3.04. The minimum atomic E-state index is -0.163. The lowest BCUT2D eigenvalue weighted by molar-refractivity contribution is 0.0945. The number of nitrogens with zero attached hydrogens (tertiary/aromatic N) is 3. The molecule has 23 heavy (non-hydrogen) atoms. The number of benzene rings is 1. The van der Waals surface area contributed by atoms with Gasteiger partial charge in [-0.1, -0.05) is 35.0 Å². The second kappa shape index (κ2) is 6.91. The Morgan fingerprint density at radius 2 is 2.13 bits per heavy atom. The van der Waals surface area contributed by atoms with Gasteiger partial charge < -0.3 is 10.6 Å². The number of hydrogen-bond donors (Lipinski definition) is 2. The number of nitrogens with one attached hydrogen (secondary N) is 2. The number of aromatic nitrogens is 3. The Morgan fingerprint density at radius 3 is 2.87 bits per heavy atom. The molecular weight excluding hydrogens is 290 g/mol. The maximum absolute atomic E-state index is 12.4. The standard InChI is InChI=1S/C17H23N5O/c1-12-4-3-5-14(10-12)11-19-17(23)16-13(2)22(21-20-16)15-6-8-18-9-7-15/h3-5,10,15,18H,6-9,11H2,1-2H3,(H,19,23). The van der Waals surface area contributed by atoms with Crippen molar-refractivity contribution in [2.24, 2.45) is 0 Å². The van der Waals surface area contributed by atoms with Gasteiger partial charge in [0, 0.05) is 6.54 Å². The van der Waals surface area contributed by atoms with Gasteiger partial charge in [0.25, 0.3) is 5.91 Å². The third-order valence-electron chi connectivity index (χ3n) is 4.33. The van der Waals surface area contributed by atoms with Crippen molar-refractivity contribution in [3.05, 3.63) is 46.8 Å². The number of aryl methyl sites for hydroxylation is 1. The molecule has 2 aromatic rings. The Bertz CT molecular complexity index is 688. The molecule has 1 aliphatic rings. The van der Waals surface area contributed by atoms with Crippen LogP contribution in [0.15, 0.2) is 24.3 Å². The molecule has 0 atom stereocenters. The van der Waals surface area contributed by atoms with Crippen LogP contribution in [0.25, 0.3) is 0 Å². The minimum Gasteiger partial charge on any atom is -0.347 e. The van der Waals surface area contributed by atoms with E-state index in [0.717, 1.165) is 37.2 Å². The molecule has 0 aliphatic carbocycles. The zero-order valence-corrected chi connectivity index (χ0v) is 13.7. The van der Waals surface area contributed by atoms with E-state index < -0.39 is 0 Å². The van der Waals surface area contributed by atoms with E-state index in [1.165, 1.54) is 5.56 Å². The van der Waals surface area contributed by atoms with Crippen molar-refractivity contribution in [3.63, 3.8) is 0 Å². The SMILES string of the molecule is Cc1cccc(CNC(=O)c2nnn(C3CCNCC3)c2C)c1. The second-order valence-electron chi connectivity index (χ2n) is 6.12. The number of carbonyl (C=O) groups is 1. The maximum Gasteiger partial charge on any atom is 0.274 e. The summed E-state index contributed by atoms with van der Waals surface area (Å²) in [6.45, 7) is 6.43. The van der Waals surface area contributed by atoms with Crippen LogP contribution in [0, 0.1) is 13.8 Å². The Labute approximate surface area is 136 Å². The quantitative estimate of drug-likeness (QED) is 0.902. The molecule has 1 amide bonds. The lowest BCUT2D eigenvalue weighted by Gasteiger charge is -2.23. The Kier molecular flexibility index (Phi) is 4.71. The summed E-state index contributed by atoms with van der Waals surface area (Å²) in [4.78, 5) is 12.4. The van der Waals surface area contributed by atoms with Gasteiger partial charge in [-0.25, -0.2) is 4.68 Å². The van der Waals surface area contributed by atoms with Gasteiger partial charge in [0.05, 0.1) is 11.7 Å². The van der Waals surface area contributed by atoms with Crippen molar-refractivity contribution in [1.82, 2.24) is 25.6 Å². The summed E-state index contributed by atoms with van der Waals surface area (Å²) in [6, 6.07) is 8.45. The topological polar surface area (TPSA) is 71.8 Å². The van der Waals surface area contributed by atoms with Crippen LogP contribution in [0.2, 0.25) is 0 Å². The largest absolute Gasteiger partial charge is 0.347 e. The Hall–Kier alpha value is -2.21. The highest BCUT2D eigenvalue weighted by Crippen LogP contribution is 2.20. The van der Waals surface area contributed by atoms with E-state index >= 15 is 0 Å². The number of piperidine rings is 1. The Balaban J connectivity index is 1.66. The van der Waals surface area contributed by atoms with Crippen LogP contribution in [0.4, 0.5) is 0 Å². The molecule has 6 heteroatoms. The van der Waals surface area contributed by atoms with E-state index in [4.69, 9.17) is 0 Å². The number of amides is 1. The van der Waals surface area contributed by atoms with Crippen LogP contribution < -0.4 is 10.6 Å². The molecule has 0 spiro atoms. The fraction of sp³-hybridized carbons (Fsp3) is 0.471. The smallest absolute Gasteiger partial charge is 0.274 e. The van der Waals surface area contributed by atoms with Crippen LogP contribution in [-0.4, -0.2) is 34.0 Å². The lowest BCUT2D eigenvalue weighted by Crippen LogP contribution is -2.30. The van der Waals surface area contributed by atoms with E-state index in [1.807, 2.05) is 36.7 Å². The molecule has 1 fully saturated rings. The highest BCUT2D eigenvalue weighted by molar-refractivity contribution is 5.93. The average molecular weight is 313 g/mol. The van der Waals surface area contributed by atoms with Gasteiger partial charge >= 0.3 is 0 Å². The van der Waals surface area contributed by atoms with Gasteiger partial charge in [0.2, 0.25) is 0 Å². The predicted molar refractivity (Wildman–Crippen MR) is 88.2 cm³/mol. The zero-order valence-electron chi connectivity index (χ0n) is 13.7. The summed E-state index contributed by atoms with van der Waals surface area (Å²) >= 11 is 0. The van der Waals surface area contributed by atoms with Crippen LogP contribution in [0.3, 0.4) is 0 Å². The monoisotopic (exact) mass is 313 g/mol. The van der Waals surface area contributed by atoms with Gasteiger partial charge in [-0.3, -0.25) is 4.79 Å². The average Bonchev–Trinajstić information content (AvgIpc) is 2.95. The summed E-state index contributed by atoms with van der Waals surface area (Å²) in [5.41, 5.74) is 3.54. The van der Waals surface area contributed by atoms with E-state index in [-0.39, 0.29) is 5.91 Å². The molecule has 2 N–H and O–H groups in total. The van der Waals surface area contributed by atoms with Crippen molar-refractivity contribution in [2.45, 2.75) is 39.3 Å². The van der Waals surface area contributed by atoms with Crippen molar-refractivity contribution in [2.75, 3.05) is 13.1 Å². The molecular formula is C17H23N5O. The molecule has 0 unspecified atom stereocenters. The summed E-state index contributed by atoms with van der Waals surface area (Å²) in [7, 11) is 0. The van der Waals surface area contributed by atoms with E-state index in [1.54, 1.807) is 0 Å². The van der Waals surface area contributed by atoms with Crippen LogP contribution in [0.1, 0.15) is 46.2 Å². The van der Waals surface area contributed by atoms with Crippen molar-refractivity contribution >= 4 is 5.91 Å². The highest BCUT2D eigenvalue weighted by atomic mass is 16.2. The summed E-state index contributed by atoms with van der Waals surface area (Å²) in [5, 5.41) is 14.6. The first-order valence-corrected chi connectivity index (χ1v) is 8.11. The van der Waals surface area contributed by atoms with Gasteiger partial charge in [0.1, 0.15) is 0 Å². The number of rotatable bonds is 4. The van der Waals surface area contributed by atoms with Crippen LogP contribution in [-0.2, 0) is 6.54 Å². The molecule has 122 valence electrons. The van der Waals surface area contributed by atoms with E-state index in [0.29, 0.717) is 18.3 Å². The third kappa shape index (κ3) is 3.59. The molecule has 1 saturated heterocycles. The normalized spacial score (nSPS) is 15.6. The maximum atomic E-state index is 12.4. The highest BCUT2D eigenvalue weighted by Gasteiger charge is 2.22. The first-order valence-electron chi connectivity index (χ1n) is 8.11. The van der Waals surface area contributed by atoms with Gasteiger partial charge in [-0.2, -0.15) is 0 Å². The zero-order chi connectivity index (χ0) is 16.2. The van der Waals surface area contributed by atoms with Crippen molar-refractivity contribution in [3.8, 4) is 0 Å². The predicted octanol–water partition coefficient (Wildman–Crippen LogP) is 1.75. The van der Waals surface area contributed by atoms with Crippen molar-refractivity contribution in [1.29, 1.82) is 0 Å². The molecule has 1 aromatic carbocycles. The fourth-order valence-corrected chi connectivity index (χ4v) is 3.04. The first-order chi connectivity index (χ1) is 11.1. The molecule has 3 rings (SSSR count). The molecule has 0 radical (unpaired) electrons. The molecule has 1 aliphatic heterocycles. The van der Waals surface area contributed by atoms with E-state index in [9.17, 15) is 4.79 Å². The summed E-state index contributed by atoms with van der Waals surface area (Å²) in [5.74, 6) is -0.163. The van der Waals surface area contributed by atoms with Gasteiger partial charge in [-0.05, 0) is 45.3 Å². The van der Waals surface area contributed by atoms with Gasteiger partial charge in [0.15, 0.2) is 5.69 Å². The van der Waals surface area contributed by atoms with Crippen LogP contribution >= 0.6 is 0 Å². The summed E-state index contributed by atoms with van der Waals surface area (Å²) in [6.07, 6.45) is 2.04. The second-order valence-corrected chi connectivity index (χ2v) is 6.12.